The Hall–Kier alpha value is -2.26. The number of amides is 2. The SMILES string of the molecule is CS(=O)(=O)c1cccc2c1C(=O)N(C(CC1CCCCC1)C(=O)Nc1nccs1)C2. The standard InChI is InChI=1S/C21H25N3O4S2/c1-30(27,28)17-9-5-8-15-13-24(20(26)18(15)17)16(12-14-6-3-2-4-7-14)19(25)23-21-22-10-11-29-21/h5,8-11,14,16H,2-4,6-7,12-13H2,1H3,(H,22,23,25). The van der Waals surface area contributed by atoms with E-state index in [1.165, 1.54) is 28.7 Å². The third-order valence-electron chi connectivity index (χ3n) is 5.95. The molecule has 1 aromatic heterocycles. The molecule has 2 amide bonds. The van der Waals surface area contributed by atoms with Crippen molar-refractivity contribution in [2.75, 3.05) is 11.6 Å². The van der Waals surface area contributed by atoms with Crippen molar-refractivity contribution in [2.24, 2.45) is 5.92 Å². The van der Waals surface area contributed by atoms with E-state index in [1.54, 1.807) is 23.7 Å². The molecule has 9 heteroatoms. The molecule has 0 bridgehead atoms. The summed E-state index contributed by atoms with van der Waals surface area (Å²) in [6, 6.07) is 4.21. The van der Waals surface area contributed by atoms with Gasteiger partial charge in [0, 0.05) is 24.4 Å². The van der Waals surface area contributed by atoms with Crippen molar-refractivity contribution < 1.29 is 18.0 Å². The molecule has 1 aliphatic heterocycles. The zero-order valence-corrected chi connectivity index (χ0v) is 18.5. The number of carbonyl (C=O) groups is 2. The second kappa shape index (κ2) is 8.47. The fraction of sp³-hybridized carbons (Fsp3) is 0.476. The van der Waals surface area contributed by atoms with Crippen molar-refractivity contribution in [3.8, 4) is 0 Å². The van der Waals surface area contributed by atoms with E-state index in [0.29, 0.717) is 23.0 Å². The largest absolute Gasteiger partial charge is 0.322 e. The highest BCUT2D eigenvalue weighted by Crippen LogP contribution is 2.34. The van der Waals surface area contributed by atoms with Gasteiger partial charge in [-0.05, 0) is 24.0 Å². The molecule has 2 heterocycles. The lowest BCUT2D eigenvalue weighted by Crippen LogP contribution is -2.45. The van der Waals surface area contributed by atoms with Crippen molar-refractivity contribution >= 4 is 38.1 Å². The number of hydrogen-bond donors (Lipinski definition) is 1. The van der Waals surface area contributed by atoms with Gasteiger partial charge < -0.3 is 10.2 Å². The number of fused-ring (bicyclic) bond motifs is 1. The molecule has 1 aliphatic carbocycles. The molecular weight excluding hydrogens is 422 g/mol. The zero-order chi connectivity index (χ0) is 21.3. The van der Waals surface area contributed by atoms with Crippen LogP contribution in [-0.4, -0.2) is 42.4 Å². The van der Waals surface area contributed by atoms with Gasteiger partial charge in [0.15, 0.2) is 15.0 Å². The molecule has 4 rings (SSSR count). The summed E-state index contributed by atoms with van der Waals surface area (Å²) in [5.41, 5.74) is 0.856. The van der Waals surface area contributed by atoms with Gasteiger partial charge in [-0.25, -0.2) is 13.4 Å². The molecule has 1 saturated carbocycles. The average molecular weight is 448 g/mol. The number of anilines is 1. The predicted octanol–water partition coefficient (Wildman–Crippen LogP) is 3.48. The predicted molar refractivity (Wildman–Crippen MR) is 115 cm³/mol. The fourth-order valence-electron chi connectivity index (χ4n) is 4.50. The minimum Gasteiger partial charge on any atom is -0.322 e. The van der Waals surface area contributed by atoms with Gasteiger partial charge in [-0.1, -0.05) is 44.2 Å². The molecule has 0 radical (unpaired) electrons. The third kappa shape index (κ3) is 4.27. The second-order valence-electron chi connectivity index (χ2n) is 8.08. The summed E-state index contributed by atoms with van der Waals surface area (Å²) in [5, 5.41) is 5.11. The lowest BCUT2D eigenvalue weighted by atomic mass is 9.84. The number of aromatic nitrogens is 1. The second-order valence-corrected chi connectivity index (χ2v) is 11.0. The van der Waals surface area contributed by atoms with Crippen LogP contribution < -0.4 is 5.32 Å². The highest BCUT2D eigenvalue weighted by atomic mass is 32.2. The molecule has 0 spiro atoms. The normalized spacial score (nSPS) is 18.3. The number of rotatable bonds is 6. The van der Waals surface area contributed by atoms with E-state index in [1.807, 2.05) is 0 Å². The number of carbonyl (C=O) groups excluding carboxylic acids is 2. The number of benzene rings is 1. The molecule has 1 unspecified atom stereocenters. The summed E-state index contributed by atoms with van der Waals surface area (Å²) in [6.45, 7) is 0.236. The topological polar surface area (TPSA) is 96.4 Å². The van der Waals surface area contributed by atoms with Crippen molar-refractivity contribution in [3.05, 3.63) is 40.9 Å². The van der Waals surface area contributed by atoms with E-state index < -0.39 is 15.9 Å². The van der Waals surface area contributed by atoms with Gasteiger partial charge in [0.25, 0.3) is 5.91 Å². The van der Waals surface area contributed by atoms with E-state index >= 15 is 0 Å². The first-order chi connectivity index (χ1) is 14.3. The Kier molecular flexibility index (Phi) is 5.92. The quantitative estimate of drug-likeness (QED) is 0.731. The van der Waals surface area contributed by atoms with E-state index in [4.69, 9.17) is 0 Å². The van der Waals surface area contributed by atoms with Gasteiger partial charge in [0.2, 0.25) is 5.91 Å². The number of nitrogens with zero attached hydrogens (tertiary/aromatic N) is 2. The van der Waals surface area contributed by atoms with Crippen LogP contribution in [-0.2, 0) is 21.2 Å². The molecule has 160 valence electrons. The van der Waals surface area contributed by atoms with Crippen molar-refractivity contribution in [1.82, 2.24) is 9.88 Å². The molecule has 2 aromatic rings. The molecule has 7 nitrogen and oxygen atoms in total. The van der Waals surface area contributed by atoms with Crippen LogP contribution in [0.2, 0.25) is 0 Å². The van der Waals surface area contributed by atoms with Crippen LogP contribution in [0.15, 0.2) is 34.7 Å². The van der Waals surface area contributed by atoms with Crippen molar-refractivity contribution in [1.29, 1.82) is 0 Å². The lowest BCUT2D eigenvalue weighted by Gasteiger charge is -2.31. The van der Waals surface area contributed by atoms with E-state index in [0.717, 1.165) is 31.9 Å². The van der Waals surface area contributed by atoms with Crippen LogP contribution in [0.4, 0.5) is 5.13 Å². The van der Waals surface area contributed by atoms with Gasteiger partial charge in [0.1, 0.15) is 6.04 Å². The minimum absolute atomic E-state index is 0.0317. The summed E-state index contributed by atoms with van der Waals surface area (Å²) in [4.78, 5) is 32.2. The zero-order valence-electron chi connectivity index (χ0n) is 16.8. The highest BCUT2D eigenvalue weighted by molar-refractivity contribution is 7.90. The Labute approximate surface area is 180 Å². The van der Waals surface area contributed by atoms with Gasteiger partial charge >= 0.3 is 0 Å². The molecular formula is C21H25N3O4S2. The van der Waals surface area contributed by atoms with Gasteiger partial charge in [-0.3, -0.25) is 9.59 Å². The Morgan fingerprint density at radius 2 is 2.07 bits per heavy atom. The maximum atomic E-state index is 13.3. The van der Waals surface area contributed by atoms with Crippen LogP contribution in [0.25, 0.3) is 0 Å². The van der Waals surface area contributed by atoms with Crippen LogP contribution >= 0.6 is 11.3 Å². The highest BCUT2D eigenvalue weighted by Gasteiger charge is 2.40. The number of sulfone groups is 1. The summed E-state index contributed by atoms with van der Waals surface area (Å²) in [6.07, 6.45) is 8.87. The Balaban J connectivity index is 1.64. The first kappa shape index (κ1) is 21.0. The summed E-state index contributed by atoms with van der Waals surface area (Å²) in [7, 11) is -3.55. The van der Waals surface area contributed by atoms with E-state index in [9.17, 15) is 18.0 Å². The summed E-state index contributed by atoms with van der Waals surface area (Å²) in [5.74, 6) is -0.282. The van der Waals surface area contributed by atoms with Gasteiger partial charge in [-0.2, -0.15) is 0 Å². The Morgan fingerprint density at radius 1 is 1.30 bits per heavy atom. The smallest absolute Gasteiger partial charge is 0.256 e. The van der Waals surface area contributed by atoms with Gasteiger partial charge in [0.05, 0.1) is 10.5 Å². The first-order valence-corrected chi connectivity index (χ1v) is 12.9. The van der Waals surface area contributed by atoms with Gasteiger partial charge in [-0.15, -0.1) is 11.3 Å². The van der Waals surface area contributed by atoms with Crippen molar-refractivity contribution in [2.45, 2.75) is 56.0 Å². The third-order valence-corrected chi connectivity index (χ3v) is 7.78. The summed E-state index contributed by atoms with van der Waals surface area (Å²) >= 11 is 1.33. The monoisotopic (exact) mass is 447 g/mol. The molecule has 0 saturated heterocycles. The Morgan fingerprint density at radius 3 is 2.73 bits per heavy atom. The molecule has 30 heavy (non-hydrogen) atoms. The lowest BCUT2D eigenvalue weighted by molar-refractivity contribution is -0.121. The summed E-state index contributed by atoms with van der Waals surface area (Å²) < 4.78 is 24.4. The van der Waals surface area contributed by atoms with Crippen LogP contribution in [0, 0.1) is 5.92 Å². The fourth-order valence-corrected chi connectivity index (χ4v) is 5.95. The maximum Gasteiger partial charge on any atom is 0.256 e. The average Bonchev–Trinajstić information content (AvgIpc) is 3.34. The molecule has 2 aliphatic rings. The first-order valence-electron chi connectivity index (χ1n) is 10.2. The van der Waals surface area contributed by atoms with Crippen molar-refractivity contribution in [3.63, 3.8) is 0 Å². The molecule has 1 N–H and O–H groups in total. The van der Waals surface area contributed by atoms with E-state index in [2.05, 4.69) is 10.3 Å². The number of thiazole rings is 1. The van der Waals surface area contributed by atoms with Crippen LogP contribution in [0.3, 0.4) is 0 Å². The van der Waals surface area contributed by atoms with Crippen LogP contribution in [0.5, 0.6) is 0 Å². The number of hydrogen-bond acceptors (Lipinski definition) is 6. The Bertz CT molecular complexity index is 1040. The number of nitrogens with one attached hydrogen (secondary N) is 1. The van der Waals surface area contributed by atoms with E-state index in [-0.39, 0.29) is 28.8 Å². The molecule has 1 fully saturated rings. The molecule has 1 atom stereocenters. The maximum absolute atomic E-state index is 13.3. The molecule has 1 aromatic carbocycles. The van der Waals surface area contributed by atoms with Crippen LogP contribution in [0.1, 0.15) is 54.4 Å². The minimum atomic E-state index is -3.55.